The highest BCUT2D eigenvalue weighted by molar-refractivity contribution is 9.94. The molecule has 1 aliphatic rings. The van der Waals surface area contributed by atoms with Crippen molar-refractivity contribution in [3.63, 3.8) is 0 Å². The van der Waals surface area contributed by atoms with Gasteiger partial charge in [-0.1, -0.05) is 17.7 Å². The van der Waals surface area contributed by atoms with Gasteiger partial charge in [0.15, 0.2) is 0 Å². The number of nitrogens with one attached hydrogen (secondary N) is 2. The predicted molar refractivity (Wildman–Crippen MR) is 425 cm³/mol. The molecule has 0 radical (unpaired) electrons. The fourth-order valence-corrected chi connectivity index (χ4v) is 10.2. The maximum Gasteiger partial charge on any atom is 0.369 e. The summed E-state index contributed by atoms with van der Waals surface area (Å²) in [6.45, 7) is 7.65. The molecule has 1 aliphatic heterocycles. The molecule has 9 N–H and O–H groups in total. The zero-order valence-electron chi connectivity index (χ0n) is 54.3. The number of nitrogen functional groups attached to an aromatic ring is 1. The molecule has 36 heteroatoms. The summed E-state index contributed by atoms with van der Waals surface area (Å²) in [4.78, 5) is 73.0. The number of aromatic hydroxyl groups is 3. The van der Waals surface area contributed by atoms with Crippen molar-refractivity contribution in [2.45, 2.75) is 27.7 Å². The summed E-state index contributed by atoms with van der Waals surface area (Å²) < 4.78 is 43.0. The number of aromatic nitrogens is 6. The van der Waals surface area contributed by atoms with E-state index in [0.717, 1.165) is 44.3 Å². The topological polar surface area (TPSA) is 361 Å². The lowest BCUT2D eigenvalue weighted by Crippen LogP contribution is -2.29. The fraction of sp³-hybridized carbons (Fsp3) is 0.138. The molecule has 3 aromatic heterocycles. The van der Waals surface area contributed by atoms with Crippen LogP contribution < -0.4 is 57.2 Å². The molecule has 101 heavy (non-hydrogen) atoms. The SMILES string of the molecule is BrB(Br)Br.COc1cc(C)cc2c1C(=O)OC2=O.COc1ccc(-n2[nH]c(=O)c3cc(C)cc(OC)c3c2=O)cc1.COc1ccc(-n2nc(Br)c3cc(C)cc(OC)c3c2=O)cc1.Cc1ccc(NN)cc1.Cl.O.O=P(Br)(Br)Br.O=c1c2c(O)cc(O)cc2c(Br)nn1-c1ccc(O)cc1. The minimum Gasteiger partial charge on any atom is -0.508 e. The van der Waals surface area contributed by atoms with Gasteiger partial charge in [0.25, 0.3) is 25.5 Å². The Labute approximate surface area is 648 Å². The molecule has 0 unspecified atom stereocenters. The number of H-pyrrole nitrogens is 1. The first-order valence-corrected chi connectivity index (χ1v) is 40.3. The van der Waals surface area contributed by atoms with Crippen molar-refractivity contribution in [2.75, 3.05) is 41.0 Å². The zero-order chi connectivity index (χ0) is 73.3. The lowest BCUT2D eigenvalue weighted by Gasteiger charge is -2.12. The molecule has 0 saturated heterocycles. The van der Waals surface area contributed by atoms with Crippen molar-refractivity contribution in [2.24, 2.45) is 5.84 Å². The molecule has 0 atom stereocenters. The normalized spacial score (nSPS) is 10.8. The highest BCUT2D eigenvalue weighted by atomic mass is 80.0. The number of hydrazine groups is 1. The number of anilines is 1. The van der Waals surface area contributed by atoms with Crippen LogP contribution in [0.3, 0.4) is 0 Å². The van der Waals surface area contributed by atoms with Gasteiger partial charge in [-0.2, -0.15) is 19.6 Å². The van der Waals surface area contributed by atoms with Crippen LogP contribution in [0.1, 0.15) is 43.0 Å². The number of phenols is 3. The van der Waals surface area contributed by atoms with Gasteiger partial charge >= 0.3 is 15.1 Å². The Morgan fingerprint density at radius 3 is 1.38 bits per heavy atom. The number of benzene rings is 8. The molecule has 0 amide bonds. The summed E-state index contributed by atoms with van der Waals surface area (Å²) in [7, 11) is 7.64. The monoisotopic (exact) mass is 1930 g/mol. The standard InChI is InChI=1S/C17H15BrN2O3.C17H16N2O4.C14H9BrN2O4.C10H8O4.C7H10N2.BBr3.Br3OP.ClH.H2O/c1-10-8-13-15(14(9-10)23-3)17(21)20(19-16(13)18)11-4-6-12(22-2)7-5-11;1-10-8-13-15(14(9-10)23-3)17(21)19(18-16(13)20)11-4-6-12(22-2)7-5-11;15-13-10-5-9(19)6-11(20)12(10)14(21)17(16-13)7-1-3-8(18)4-2-7;1-5-3-6-8(7(4-5)13-2)10(12)14-9(6)11;1-6-2-4-7(9-8)5-3-6;2-1(3)4;1-5(2,3)4;;/h4-9H,1-3H3;4-9H,1-3H3,(H,18,20);1-6,18-20H;3-4H,1-2H3;2-5,9H,8H2,1H3;;;1H;1H2. The van der Waals surface area contributed by atoms with E-state index in [4.69, 9.17) is 29.5 Å². The number of hydrogen-bond acceptors (Lipinski definition) is 20. The smallest absolute Gasteiger partial charge is 0.369 e. The molecule has 534 valence electrons. The number of phenolic OH excluding ortho intramolecular Hbond substituents is 3. The minimum absolute atomic E-state index is 0. The van der Waals surface area contributed by atoms with Gasteiger partial charge in [0, 0.05) is 69.0 Å². The number of carbonyl (C=O) groups is 2. The Morgan fingerprint density at radius 1 is 0.515 bits per heavy atom. The van der Waals surface area contributed by atoms with Crippen molar-refractivity contribution in [1.29, 1.82) is 0 Å². The Kier molecular flexibility index (Phi) is 33.5. The Morgan fingerprint density at radius 2 is 0.921 bits per heavy atom. The van der Waals surface area contributed by atoms with Crippen molar-refractivity contribution in [3.05, 3.63) is 230 Å². The van der Waals surface area contributed by atoms with Crippen LogP contribution in [0.4, 0.5) is 5.69 Å². The first-order valence-electron chi connectivity index (χ1n) is 28.2. The van der Waals surface area contributed by atoms with E-state index in [1.165, 1.54) is 59.5 Å². The van der Waals surface area contributed by atoms with Crippen molar-refractivity contribution < 1.29 is 63.4 Å². The first kappa shape index (κ1) is 86.1. The van der Waals surface area contributed by atoms with Gasteiger partial charge in [0.1, 0.15) is 60.8 Å². The lowest BCUT2D eigenvalue weighted by molar-refractivity contribution is 0.0442. The van der Waals surface area contributed by atoms with E-state index in [0.29, 0.717) is 65.4 Å². The number of ether oxygens (including phenoxy) is 6. The molecule has 11 aromatic rings. The Hall–Kier alpha value is -7.34. The lowest BCUT2D eigenvalue weighted by atomic mass is 10.1. The van der Waals surface area contributed by atoms with Crippen LogP contribution in [-0.2, 0) is 9.30 Å². The molecule has 25 nitrogen and oxygen atoms in total. The van der Waals surface area contributed by atoms with Gasteiger partial charge in [-0.15, -0.1) is 59.7 Å². The molecule has 12 rings (SSSR count). The van der Waals surface area contributed by atoms with Crippen LogP contribution in [0.5, 0.6) is 46.0 Å². The van der Waals surface area contributed by atoms with Gasteiger partial charge in [-0.05, 0) is 204 Å². The van der Waals surface area contributed by atoms with Crippen LogP contribution in [0, 0.1) is 27.7 Å². The van der Waals surface area contributed by atoms with E-state index in [2.05, 4.69) is 151 Å². The largest absolute Gasteiger partial charge is 0.508 e. The van der Waals surface area contributed by atoms with Crippen molar-refractivity contribution >= 4 is 194 Å². The highest BCUT2D eigenvalue weighted by Gasteiger charge is 2.33. The average molecular weight is 1940 g/mol. The van der Waals surface area contributed by atoms with E-state index < -0.39 is 20.7 Å². The highest BCUT2D eigenvalue weighted by Crippen LogP contribution is 2.68. The second-order valence-electron chi connectivity index (χ2n) is 20.4. The van der Waals surface area contributed by atoms with Crippen LogP contribution in [0.15, 0.2) is 174 Å². The number of nitrogens with zero attached hydrogens (tertiary/aromatic N) is 5. The number of nitrogens with two attached hydrogens (primary N) is 1. The zero-order valence-corrected chi connectivity index (χ0v) is 68.7. The van der Waals surface area contributed by atoms with E-state index in [-0.39, 0.29) is 76.9 Å². The third kappa shape index (κ3) is 23.3. The summed E-state index contributed by atoms with van der Waals surface area (Å²) >= 11 is 24.3. The molecular formula is C65H61BBr8ClN8O17P. The molecular weight excluding hydrogens is 1880 g/mol. The third-order valence-corrected chi connectivity index (χ3v) is 14.8. The molecule has 0 bridgehead atoms. The maximum atomic E-state index is 12.9. The quantitative estimate of drug-likeness (QED) is 0.0195. The fourth-order valence-electron chi connectivity index (χ4n) is 9.23. The predicted octanol–water partition coefficient (Wildman–Crippen LogP) is 15.4. The van der Waals surface area contributed by atoms with Crippen molar-refractivity contribution in [1.82, 2.24) is 29.3 Å². The average Bonchev–Trinajstić information content (AvgIpc) is 1.62. The van der Waals surface area contributed by atoms with Crippen LogP contribution in [0.2, 0.25) is 0 Å². The number of halogens is 9. The van der Waals surface area contributed by atoms with Crippen LogP contribution in [0.25, 0.3) is 49.4 Å². The molecule has 0 spiro atoms. The summed E-state index contributed by atoms with van der Waals surface area (Å²) in [6.07, 6.45) is 0. The van der Waals surface area contributed by atoms with Gasteiger partial charge in [-0.25, -0.2) is 14.3 Å². The number of esters is 2. The van der Waals surface area contributed by atoms with Gasteiger partial charge in [-0.3, -0.25) is 34.7 Å². The molecule has 0 fully saturated rings. The summed E-state index contributed by atoms with van der Waals surface area (Å²) in [5.74, 6) is 6.18. The number of rotatable bonds is 9. The number of aromatic amines is 1. The van der Waals surface area contributed by atoms with E-state index >= 15 is 0 Å². The third-order valence-electron chi connectivity index (χ3n) is 13.6. The molecule has 4 heterocycles. The Balaban J connectivity index is 0.000000264. The summed E-state index contributed by atoms with van der Waals surface area (Å²) in [6, 6.07) is 40.7. The van der Waals surface area contributed by atoms with Crippen LogP contribution >= 0.6 is 141 Å². The molecule has 0 saturated carbocycles. The van der Waals surface area contributed by atoms with Gasteiger partial charge in [0.05, 0.1) is 79.7 Å². The Bertz CT molecular complexity index is 5050. The van der Waals surface area contributed by atoms with E-state index in [1.807, 2.05) is 64.1 Å². The number of methoxy groups -OCH3 is 5. The second kappa shape index (κ2) is 39.4. The summed E-state index contributed by atoms with van der Waals surface area (Å²) in [5, 5.41) is 41.9. The van der Waals surface area contributed by atoms with Gasteiger partial charge in [0.2, 0.25) is 0 Å². The number of aryl methyl sites for hydroxylation is 4. The number of cyclic esters (lactones) is 2. The first-order chi connectivity index (χ1) is 46.7. The van der Waals surface area contributed by atoms with E-state index in [1.54, 1.807) is 94.1 Å². The molecule has 8 aromatic carbocycles. The van der Waals surface area contributed by atoms with E-state index in [9.17, 15) is 48.7 Å². The number of carbonyl (C=O) groups excluding carboxylic acids is 2. The maximum absolute atomic E-state index is 12.9. The second-order valence-corrected chi connectivity index (χ2v) is 46.7. The minimum atomic E-state index is -2.20. The van der Waals surface area contributed by atoms with Gasteiger partial charge < -0.3 is 54.6 Å². The number of fused-ring (bicyclic) bond motifs is 4. The molecule has 0 aliphatic carbocycles. The summed E-state index contributed by atoms with van der Waals surface area (Å²) in [5.41, 5.74) is 8.13. The number of hydrogen-bond donors (Lipinski definition) is 6. The van der Waals surface area contributed by atoms with Crippen LogP contribution in [-0.4, -0.2) is 101 Å². The van der Waals surface area contributed by atoms with Crippen molar-refractivity contribution in [3.8, 4) is 63.1 Å².